The van der Waals surface area contributed by atoms with Crippen LogP contribution in [-0.2, 0) is 4.74 Å². The molecule has 0 atom stereocenters. The van der Waals surface area contributed by atoms with E-state index in [9.17, 15) is 0 Å². The average molecular weight is 239 g/mol. The topological polar surface area (TPSA) is 56.3 Å². The first-order valence-electron chi connectivity index (χ1n) is 6.05. The molecule has 1 N–H and O–H groups in total. The zero-order chi connectivity index (χ0) is 12.5. The van der Waals surface area contributed by atoms with E-state index in [4.69, 9.17) is 9.47 Å². The zero-order valence-electron chi connectivity index (χ0n) is 10.8. The van der Waals surface area contributed by atoms with Gasteiger partial charge in [0, 0.05) is 13.2 Å². The van der Waals surface area contributed by atoms with Gasteiger partial charge < -0.3 is 14.8 Å². The van der Waals surface area contributed by atoms with Gasteiger partial charge in [0.25, 0.3) is 0 Å². The first-order valence-corrected chi connectivity index (χ1v) is 6.05. The third-order valence-electron chi connectivity index (χ3n) is 2.25. The highest BCUT2D eigenvalue weighted by molar-refractivity contribution is 5.47. The van der Waals surface area contributed by atoms with Crippen LogP contribution in [0.2, 0.25) is 0 Å². The SMILES string of the molecule is CCCNc1ncnc(OCCOCC)c1C. The highest BCUT2D eigenvalue weighted by Gasteiger charge is 2.07. The maximum absolute atomic E-state index is 5.54. The molecule has 5 nitrogen and oxygen atoms in total. The van der Waals surface area contributed by atoms with Crippen molar-refractivity contribution in [3.8, 4) is 5.88 Å². The van der Waals surface area contributed by atoms with Crippen molar-refractivity contribution in [3.05, 3.63) is 11.9 Å². The number of aromatic nitrogens is 2. The molecule has 0 fully saturated rings. The summed E-state index contributed by atoms with van der Waals surface area (Å²) in [6.45, 7) is 8.72. The summed E-state index contributed by atoms with van der Waals surface area (Å²) in [5.74, 6) is 1.46. The molecular weight excluding hydrogens is 218 g/mol. The fourth-order valence-corrected chi connectivity index (χ4v) is 1.34. The van der Waals surface area contributed by atoms with Crippen molar-refractivity contribution in [2.75, 3.05) is 31.7 Å². The van der Waals surface area contributed by atoms with E-state index in [0.29, 0.717) is 25.7 Å². The van der Waals surface area contributed by atoms with Crippen LogP contribution in [0.1, 0.15) is 25.8 Å². The van der Waals surface area contributed by atoms with Gasteiger partial charge in [0.2, 0.25) is 5.88 Å². The van der Waals surface area contributed by atoms with Gasteiger partial charge in [-0.3, -0.25) is 0 Å². The second kappa shape index (κ2) is 7.84. The van der Waals surface area contributed by atoms with Gasteiger partial charge in [-0.05, 0) is 20.3 Å². The fourth-order valence-electron chi connectivity index (χ4n) is 1.34. The Kier molecular flexibility index (Phi) is 6.32. The summed E-state index contributed by atoms with van der Waals surface area (Å²) in [6, 6.07) is 0. The standard InChI is InChI=1S/C12H21N3O2/c1-4-6-13-11-10(3)12(15-9-14-11)17-8-7-16-5-2/h9H,4-8H2,1-3H3,(H,13,14,15). The van der Waals surface area contributed by atoms with Crippen molar-refractivity contribution in [3.63, 3.8) is 0 Å². The lowest BCUT2D eigenvalue weighted by Gasteiger charge is -2.11. The van der Waals surface area contributed by atoms with Crippen LogP contribution in [-0.4, -0.2) is 36.3 Å². The van der Waals surface area contributed by atoms with Gasteiger partial charge in [0.05, 0.1) is 12.2 Å². The zero-order valence-corrected chi connectivity index (χ0v) is 10.8. The molecule has 0 saturated heterocycles. The van der Waals surface area contributed by atoms with Gasteiger partial charge in [0.1, 0.15) is 18.8 Å². The number of hydrogen-bond acceptors (Lipinski definition) is 5. The molecule has 0 saturated carbocycles. The van der Waals surface area contributed by atoms with E-state index in [1.807, 2.05) is 13.8 Å². The molecule has 1 rings (SSSR count). The summed E-state index contributed by atoms with van der Waals surface area (Å²) in [5.41, 5.74) is 0.942. The van der Waals surface area contributed by atoms with Crippen molar-refractivity contribution < 1.29 is 9.47 Å². The smallest absolute Gasteiger partial charge is 0.221 e. The summed E-state index contributed by atoms with van der Waals surface area (Å²) in [6.07, 6.45) is 2.57. The normalized spacial score (nSPS) is 10.3. The van der Waals surface area contributed by atoms with Crippen LogP contribution in [0.15, 0.2) is 6.33 Å². The molecule has 0 radical (unpaired) electrons. The molecule has 1 aromatic heterocycles. The minimum Gasteiger partial charge on any atom is -0.475 e. The summed E-state index contributed by atoms with van der Waals surface area (Å²) in [4.78, 5) is 8.30. The molecule has 0 bridgehead atoms. The number of anilines is 1. The molecule has 17 heavy (non-hydrogen) atoms. The lowest BCUT2D eigenvalue weighted by atomic mass is 10.3. The molecule has 0 aliphatic carbocycles. The maximum atomic E-state index is 5.54. The van der Waals surface area contributed by atoms with Crippen molar-refractivity contribution in [1.29, 1.82) is 0 Å². The van der Waals surface area contributed by atoms with Crippen molar-refractivity contribution >= 4 is 5.82 Å². The van der Waals surface area contributed by atoms with Gasteiger partial charge in [-0.1, -0.05) is 6.92 Å². The van der Waals surface area contributed by atoms with Gasteiger partial charge >= 0.3 is 0 Å². The van der Waals surface area contributed by atoms with E-state index in [2.05, 4.69) is 22.2 Å². The Morgan fingerprint density at radius 1 is 1.24 bits per heavy atom. The number of ether oxygens (including phenoxy) is 2. The highest BCUT2D eigenvalue weighted by atomic mass is 16.5. The van der Waals surface area contributed by atoms with Gasteiger partial charge in [0.15, 0.2) is 0 Å². The quantitative estimate of drug-likeness (QED) is 0.703. The first-order chi connectivity index (χ1) is 8.29. The fraction of sp³-hybridized carbons (Fsp3) is 0.667. The van der Waals surface area contributed by atoms with E-state index in [1.54, 1.807) is 0 Å². The van der Waals surface area contributed by atoms with E-state index in [0.717, 1.165) is 24.3 Å². The molecule has 0 aromatic carbocycles. The Labute approximate surface area is 103 Å². The van der Waals surface area contributed by atoms with Crippen LogP contribution in [0.4, 0.5) is 5.82 Å². The Bertz CT molecular complexity index is 332. The number of nitrogens with one attached hydrogen (secondary N) is 1. The molecule has 0 unspecified atom stereocenters. The van der Waals surface area contributed by atoms with Crippen LogP contribution in [0.25, 0.3) is 0 Å². The summed E-state index contributed by atoms with van der Waals surface area (Å²) >= 11 is 0. The Morgan fingerprint density at radius 3 is 2.76 bits per heavy atom. The number of nitrogens with zero attached hydrogens (tertiary/aromatic N) is 2. The number of hydrogen-bond donors (Lipinski definition) is 1. The Morgan fingerprint density at radius 2 is 2.06 bits per heavy atom. The third kappa shape index (κ3) is 4.56. The van der Waals surface area contributed by atoms with Crippen molar-refractivity contribution in [2.24, 2.45) is 0 Å². The third-order valence-corrected chi connectivity index (χ3v) is 2.25. The summed E-state index contributed by atoms with van der Waals surface area (Å²) in [5, 5.41) is 3.24. The predicted octanol–water partition coefficient (Wildman–Crippen LogP) is 2.02. The molecule has 0 aliphatic heterocycles. The molecule has 96 valence electrons. The van der Waals surface area contributed by atoms with Crippen LogP contribution in [0.5, 0.6) is 5.88 Å². The molecule has 0 amide bonds. The molecule has 5 heteroatoms. The average Bonchev–Trinajstić information content (AvgIpc) is 2.35. The maximum Gasteiger partial charge on any atom is 0.221 e. The lowest BCUT2D eigenvalue weighted by molar-refractivity contribution is 0.108. The van der Waals surface area contributed by atoms with E-state index < -0.39 is 0 Å². The molecule has 0 spiro atoms. The van der Waals surface area contributed by atoms with E-state index >= 15 is 0 Å². The molecule has 1 heterocycles. The summed E-state index contributed by atoms with van der Waals surface area (Å²) < 4.78 is 10.7. The second-order valence-electron chi connectivity index (χ2n) is 3.62. The highest BCUT2D eigenvalue weighted by Crippen LogP contribution is 2.19. The largest absolute Gasteiger partial charge is 0.475 e. The van der Waals surface area contributed by atoms with Gasteiger partial charge in [-0.2, -0.15) is 0 Å². The van der Waals surface area contributed by atoms with Crippen LogP contribution < -0.4 is 10.1 Å². The monoisotopic (exact) mass is 239 g/mol. The minimum absolute atomic E-state index is 0.513. The Hall–Kier alpha value is -1.36. The number of rotatable bonds is 8. The second-order valence-corrected chi connectivity index (χ2v) is 3.62. The van der Waals surface area contributed by atoms with Crippen LogP contribution in [0, 0.1) is 6.92 Å². The molecular formula is C12H21N3O2. The molecule has 1 aromatic rings. The van der Waals surface area contributed by atoms with Crippen molar-refractivity contribution in [2.45, 2.75) is 27.2 Å². The Balaban J connectivity index is 2.53. The van der Waals surface area contributed by atoms with Gasteiger partial charge in [-0.15, -0.1) is 0 Å². The summed E-state index contributed by atoms with van der Waals surface area (Å²) in [7, 11) is 0. The van der Waals surface area contributed by atoms with Crippen molar-refractivity contribution in [1.82, 2.24) is 9.97 Å². The lowest BCUT2D eigenvalue weighted by Crippen LogP contribution is -2.10. The predicted molar refractivity (Wildman–Crippen MR) is 67.5 cm³/mol. The van der Waals surface area contributed by atoms with Crippen LogP contribution >= 0.6 is 0 Å². The minimum atomic E-state index is 0.513. The first kappa shape index (κ1) is 13.7. The van der Waals surface area contributed by atoms with E-state index in [-0.39, 0.29) is 0 Å². The van der Waals surface area contributed by atoms with Crippen LogP contribution in [0.3, 0.4) is 0 Å². The van der Waals surface area contributed by atoms with Gasteiger partial charge in [-0.25, -0.2) is 9.97 Å². The molecule has 0 aliphatic rings. The van der Waals surface area contributed by atoms with E-state index in [1.165, 1.54) is 6.33 Å².